The van der Waals surface area contributed by atoms with Crippen LogP contribution in [0.3, 0.4) is 0 Å². The van der Waals surface area contributed by atoms with Crippen LogP contribution in [0.25, 0.3) is 0 Å². The molecule has 0 radical (unpaired) electrons. The van der Waals surface area contributed by atoms with Gasteiger partial charge in [-0.2, -0.15) is 0 Å². The van der Waals surface area contributed by atoms with Crippen LogP contribution in [0, 0.1) is 0 Å². The molecule has 0 aliphatic rings. The molecule has 0 saturated heterocycles. The molecule has 1 amide bonds. The van der Waals surface area contributed by atoms with Gasteiger partial charge in [0.2, 0.25) is 5.91 Å². The Bertz CT molecular complexity index is 1400. The highest BCUT2D eigenvalue weighted by molar-refractivity contribution is 7.90. The lowest BCUT2D eigenvalue weighted by atomic mass is 10.2. The minimum Gasteiger partial charge on any atom is -0.383 e. The summed E-state index contributed by atoms with van der Waals surface area (Å²) in [6, 6.07) is 15.1. The van der Waals surface area contributed by atoms with Crippen molar-refractivity contribution in [2.24, 2.45) is 0 Å². The Morgan fingerprint density at radius 3 is 2.47 bits per heavy atom. The van der Waals surface area contributed by atoms with Gasteiger partial charge in [-0.1, -0.05) is 43.3 Å². The van der Waals surface area contributed by atoms with Crippen molar-refractivity contribution in [2.75, 3.05) is 35.3 Å². The Morgan fingerprint density at radius 1 is 1.12 bits per heavy atom. The quantitative estimate of drug-likeness (QED) is 0.415. The summed E-state index contributed by atoms with van der Waals surface area (Å²) in [6.45, 7) is 2.13. The van der Waals surface area contributed by atoms with E-state index in [2.05, 4.69) is 10.3 Å². The average molecular weight is 486 g/mol. The van der Waals surface area contributed by atoms with Crippen molar-refractivity contribution in [1.82, 2.24) is 9.55 Å². The number of amides is 1. The molecule has 0 spiro atoms. The zero-order valence-electron chi connectivity index (χ0n) is 18.9. The molecule has 0 fully saturated rings. The number of nitrogens with zero attached hydrogens (tertiary/aromatic N) is 2. The number of carbonyl (C=O) groups excluding carboxylic acids is 1. The van der Waals surface area contributed by atoms with Gasteiger partial charge in [0.1, 0.15) is 11.5 Å². The number of nitrogen functional groups attached to an aromatic ring is 1. The van der Waals surface area contributed by atoms with Crippen molar-refractivity contribution in [3.8, 4) is 0 Å². The minimum atomic E-state index is -3.44. The molecule has 3 rings (SSSR count). The van der Waals surface area contributed by atoms with E-state index in [-0.39, 0.29) is 29.5 Å². The molecule has 3 aromatic rings. The highest BCUT2D eigenvalue weighted by atomic mass is 32.2. The number of rotatable bonds is 9. The van der Waals surface area contributed by atoms with E-state index in [4.69, 9.17) is 5.73 Å². The van der Waals surface area contributed by atoms with Crippen molar-refractivity contribution < 1.29 is 13.2 Å². The molecule has 1 heterocycles. The predicted molar refractivity (Wildman–Crippen MR) is 132 cm³/mol. The smallest absolute Gasteiger partial charge is 0.330 e. The molecule has 10 nitrogen and oxygen atoms in total. The normalized spacial score (nSPS) is 11.2. The highest BCUT2D eigenvalue weighted by Gasteiger charge is 2.21. The number of sulfone groups is 1. The first-order valence-corrected chi connectivity index (χ1v) is 12.5. The fourth-order valence-electron chi connectivity index (χ4n) is 3.52. The second-order valence-corrected chi connectivity index (χ2v) is 9.85. The van der Waals surface area contributed by atoms with Crippen molar-refractivity contribution >= 4 is 32.9 Å². The van der Waals surface area contributed by atoms with Gasteiger partial charge in [0.05, 0.1) is 18.0 Å². The standard InChI is InChI=1S/C23H27N5O5S/c1-3-12-27(15-19(29)25-17-10-7-11-18(13-17)34(2,32)33)20-21(24)28(23(31)26-22(20)30)14-16-8-5-4-6-9-16/h4-11,13H,3,12,14-15,24H2,1-2H3,(H,25,29)(H,26,30,31). The fraction of sp³-hybridized carbons (Fsp3) is 0.261. The molecule has 0 atom stereocenters. The maximum atomic E-state index is 12.8. The molecule has 0 aliphatic heterocycles. The van der Waals surface area contributed by atoms with Gasteiger partial charge in [-0.05, 0) is 30.2 Å². The summed E-state index contributed by atoms with van der Waals surface area (Å²) in [4.78, 5) is 41.8. The van der Waals surface area contributed by atoms with Crippen LogP contribution in [0.2, 0.25) is 0 Å². The largest absolute Gasteiger partial charge is 0.383 e. The molecule has 4 N–H and O–H groups in total. The number of nitrogens with two attached hydrogens (primary N) is 1. The molecule has 180 valence electrons. The molecule has 11 heteroatoms. The van der Waals surface area contributed by atoms with Crippen LogP contribution in [-0.2, 0) is 21.2 Å². The summed E-state index contributed by atoms with van der Waals surface area (Å²) >= 11 is 0. The maximum absolute atomic E-state index is 12.8. The van der Waals surface area contributed by atoms with Crippen LogP contribution < -0.4 is 27.2 Å². The molecule has 0 bridgehead atoms. The number of nitrogens with one attached hydrogen (secondary N) is 2. The minimum absolute atomic E-state index is 0.0254. The second-order valence-electron chi connectivity index (χ2n) is 7.83. The summed E-state index contributed by atoms with van der Waals surface area (Å²) in [5, 5.41) is 2.65. The Balaban J connectivity index is 1.90. The second kappa shape index (κ2) is 10.4. The van der Waals surface area contributed by atoms with Gasteiger partial charge in [-0.15, -0.1) is 0 Å². The van der Waals surface area contributed by atoms with Gasteiger partial charge in [0, 0.05) is 18.5 Å². The molecular formula is C23H27N5O5S. The third-order valence-corrected chi connectivity index (χ3v) is 6.20. The molecule has 0 aliphatic carbocycles. The van der Waals surface area contributed by atoms with Crippen LogP contribution in [-0.4, -0.2) is 43.2 Å². The lowest BCUT2D eigenvalue weighted by Crippen LogP contribution is -2.42. The summed E-state index contributed by atoms with van der Waals surface area (Å²) in [5.41, 5.74) is 6.08. The van der Waals surface area contributed by atoms with Crippen LogP contribution in [0.15, 0.2) is 69.1 Å². The van der Waals surface area contributed by atoms with Crippen LogP contribution in [0.1, 0.15) is 18.9 Å². The molecule has 34 heavy (non-hydrogen) atoms. The van der Waals surface area contributed by atoms with Crippen molar-refractivity contribution in [1.29, 1.82) is 0 Å². The number of benzene rings is 2. The Labute approximate surface area is 197 Å². The summed E-state index contributed by atoms with van der Waals surface area (Å²) in [6.07, 6.45) is 1.68. The number of aromatic nitrogens is 2. The average Bonchev–Trinajstić information content (AvgIpc) is 2.77. The first-order chi connectivity index (χ1) is 16.1. The van der Waals surface area contributed by atoms with Crippen molar-refractivity contribution in [3.05, 3.63) is 81.0 Å². The van der Waals surface area contributed by atoms with Crippen molar-refractivity contribution in [2.45, 2.75) is 24.8 Å². The lowest BCUT2D eigenvalue weighted by molar-refractivity contribution is -0.115. The van der Waals surface area contributed by atoms with E-state index in [1.165, 1.54) is 27.7 Å². The van der Waals surface area contributed by atoms with Gasteiger partial charge < -0.3 is 16.0 Å². The first-order valence-electron chi connectivity index (χ1n) is 10.6. The van der Waals surface area contributed by atoms with Crippen LogP contribution >= 0.6 is 0 Å². The van der Waals surface area contributed by atoms with E-state index in [9.17, 15) is 22.8 Å². The number of aromatic amines is 1. The third-order valence-electron chi connectivity index (χ3n) is 5.09. The van der Waals surface area contributed by atoms with E-state index in [0.717, 1.165) is 11.8 Å². The Hall–Kier alpha value is -3.86. The van der Waals surface area contributed by atoms with E-state index < -0.39 is 27.0 Å². The van der Waals surface area contributed by atoms with Gasteiger partial charge >= 0.3 is 5.69 Å². The van der Waals surface area contributed by atoms with E-state index in [1.807, 2.05) is 37.3 Å². The number of H-pyrrole nitrogens is 1. The fourth-order valence-corrected chi connectivity index (χ4v) is 4.19. The molecule has 2 aromatic carbocycles. The first kappa shape index (κ1) is 24.8. The van der Waals surface area contributed by atoms with Crippen LogP contribution in [0.4, 0.5) is 17.2 Å². The molecule has 0 unspecified atom stereocenters. The Morgan fingerprint density at radius 2 is 1.82 bits per heavy atom. The monoisotopic (exact) mass is 485 g/mol. The van der Waals surface area contributed by atoms with Gasteiger partial charge in [-0.25, -0.2) is 13.2 Å². The third kappa shape index (κ3) is 5.93. The maximum Gasteiger partial charge on any atom is 0.330 e. The van der Waals surface area contributed by atoms with Gasteiger partial charge in [0.15, 0.2) is 9.84 Å². The molecule has 1 aromatic heterocycles. The number of hydrogen-bond acceptors (Lipinski definition) is 7. The SMILES string of the molecule is CCCN(CC(=O)Nc1cccc(S(C)(=O)=O)c1)c1c(N)n(Cc2ccccc2)c(=O)[nH]c1=O. The van der Waals surface area contributed by atoms with Gasteiger partial charge in [0.25, 0.3) is 5.56 Å². The zero-order chi connectivity index (χ0) is 24.9. The number of anilines is 3. The van der Waals surface area contributed by atoms with E-state index in [0.29, 0.717) is 18.7 Å². The highest BCUT2D eigenvalue weighted by Crippen LogP contribution is 2.19. The predicted octanol–water partition coefficient (Wildman–Crippen LogP) is 1.43. The van der Waals surface area contributed by atoms with Crippen molar-refractivity contribution in [3.63, 3.8) is 0 Å². The van der Waals surface area contributed by atoms with Gasteiger partial charge in [-0.3, -0.25) is 19.1 Å². The molecule has 0 saturated carbocycles. The van der Waals surface area contributed by atoms with Crippen LogP contribution in [0.5, 0.6) is 0 Å². The van der Waals surface area contributed by atoms with E-state index in [1.54, 1.807) is 6.07 Å². The summed E-state index contributed by atoms with van der Waals surface area (Å²) in [5.74, 6) is -0.517. The summed E-state index contributed by atoms with van der Waals surface area (Å²) in [7, 11) is -3.44. The molecular weight excluding hydrogens is 458 g/mol. The Kier molecular flexibility index (Phi) is 7.57. The summed E-state index contributed by atoms with van der Waals surface area (Å²) < 4.78 is 24.8. The lowest BCUT2D eigenvalue weighted by Gasteiger charge is -2.25. The topological polar surface area (TPSA) is 147 Å². The zero-order valence-corrected chi connectivity index (χ0v) is 19.8. The van der Waals surface area contributed by atoms with E-state index >= 15 is 0 Å². The number of hydrogen-bond donors (Lipinski definition) is 3. The number of carbonyl (C=O) groups is 1.